The second kappa shape index (κ2) is 5.82. The van der Waals surface area contributed by atoms with Crippen molar-refractivity contribution in [2.75, 3.05) is 19.6 Å². The number of carbonyl (C=O) groups is 1. The number of nitrogens with one attached hydrogen (secondary N) is 1. The average molecular weight is 232 g/mol. The van der Waals surface area contributed by atoms with Gasteiger partial charge in [-0.25, -0.2) is 0 Å². The Morgan fingerprint density at radius 1 is 1.24 bits per heavy atom. The zero-order chi connectivity index (χ0) is 12.1. The number of amides is 1. The third-order valence-electron chi connectivity index (χ3n) is 3.17. The number of carbonyl (C=O) groups excluding carboxylic acids is 1. The fraction of sp³-hybridized carbons (Fsp3) is 0.500. The van der Waals surface area contributed by atoms with Crippen molar-refractivity contribution in [2.24, 2.45) is 0 Å². The Morgan fingerprint density at radius 2 is 1.88 bits per heavy atom. The van der Waals surface area contributed by atoms with Gasteiger partial charge in [-0.2, -0.15) is 0 Å². The summed E-state index contributed by atoms with van der Waals surface area (Å²) in [5, 5.41) is 3.27. The van der Waals surface area contributed by atoms with Crippen LogP contribution in [0.4, 0.5) is 0 Å². The SMILES string of the molecule is CCNCc1ccc(C(=O)N2CCCC2)cc1. The number of hydrogen-bond donors (Lipinski definition) is 1. The number of hydrogen-bond acceptors (Lipinski definition) is 2. The van der Waals surface area contributed by atoms with Gasteiger partial charge >= 0.3 is 0 Å². The molecule has 0 aliphatic carbocycles. The molecule has 1 amide bonds. The molecule has 0 aromatic heterocycles. The van der Waals surface area contributed by atoms with Crippen LogP contribution in [0.5, 0.6) is 0 Å². The number of likely N-dealkylation sites (tertiary alicyclic amines) is 1. The Bertz CT molecular complexity index is 366. The summed E-state index contributed by atoms with van der Waals surface area (Å²) >= 11 is 0. The van der Waals surface area contributed by atoms with Crippen LogP contribution in [0.1, 0.15) is 35.7 Å². The molecule has 0 radical (unpaired) electrons. The van der Waals surface area contributed by atoms with Crippen LogP contribution >= 0.6 is 0 Å². The minimum absolute atomic E-state index is 0.178. The molecule has 1 heterocycles. The Kier molecular flexibility index (Phi) is 4.15. The maximum atomic E-state index is 12.1. The summed E-state index contributed by atoms with van der Waals surface area (Å²) in [6, 6.07) is 7.94. The number of benzene rings is 1. The van der Waals surface area contributed by atoms with E-state index in [-0.39, 0.29) is 5.91 Å². The Hall–Kier alpha value is -1.35. The van der Waals surface area contributed by atoms with Crippen LogP contribution in [0.3, 0.4) is 0 Å². The van der Waals surface area contributed by atoms with Gasteiger partial charge < -0.3 is 10.2 Å². The highest BCUT2D eigenvalue weighted by Gasteiger charge is 2.18. The van der Waals surface area contributed by atoms with Gasteiger partial charge in [-0.3, -0.25) is 4.79 Å². The lowest BCUT2D eigenvalue weighted by Crippen LogP contribution is -2.27. The first-order chi connectivity index (χ1) is 8.31. The smallest absolute Gasteiger partial charge is 0.253 e. The van der Waals surface area contributed by atoms with Gasteiger partial charge in [0.05, 0.1) is 0 Å². The lowest BCUT2D eigenvalue weighted by Gasteiger charge is -2.15. The molecule has 0 saturated carbocycles. The van der Waals surface area contributed by atoms with E-state index in [1.165, 1.54) is 5.56 Å². The first-order valence-electron chi connectivity index (χ1n) is 6.40. The first kappa shape index (κ1) is 12.1. The lowest BCUT2D eigenvalue weighted by molar-refractivity contribution is 0.0793. The molecule has 17 heavy (non-hydrogen) atoms. The van der Waals surface area contributed by atoms with Crippen LogP contribution < -0.4 is 5.32 Å². The quantitative estimate of drug-likeness (QED) is 0.861. The summed E-state index contributed by atoms with van der Waals surface area (Å²) in [6.07, 6.45) is 2.29. The minimum Gasteiger partial charge on any atom is -0.339 e. The van der Waals surface area contributed by atoms with E-state index in [0.717, 1.165) is 44.6 Å². The van der Waals surface area contributed by atoms with Crippen molar-refractivity contribution in [3.05, 3.63) is 35.4 Å². The zero-order valence-corrected chi connectivity index (χ0v) is 10.4. The molecule has 1 fully saturated rings. The molecule has 1 N–H and O–H groups in total. The predicted octanol–water partition coefficient (Wildman–Crippen LogP) is 2.03. The van der Waals surface area contributed by atoms with Crippen LogP contribution in [-0.4, -0.2) is 30.4 Å². The van der Waals surface area contributed by atoms with Crippen molar-refractivity contribution in [3.8, 4) is 0 Å². The minimum atomic E-state index is 0.178. The molecule has 0 bridgehead atoms. The van der Waals surface area contributed by atoms with Gasteiger partial charge in [0.25, 0.3) is 5.91 Å². The van der Waals surface area contributed by atoms with Crippen LogP contribution in [-0.2, 0) is 6.54 Å². The molecule has 3 nitrogen and oxygen atoms in total. The normalized spacial score (nSPS) is 15.2. The molecular weight excluding hydrogens is 212 g/mol. The van der Waals surface area contributed by atoms with Gasteiger partial charge in [0.15, 0.2) is 0 Å². The predicted molar refractivity (Wildman–Crippen MR) is 69.0 cm³/mol. The number of rotatable bonds is 4. The van der Waals surface area contributed by atoms with E-state index in [9.17, 15) is 4.79 Å². The largest absolute Gasteiger partial charge is 0.339 e. The zero-order valence-electron chi connectivity index (χ0n) is 10.4. The fourth-order valence-corrected chi connectivity index (χ4v) is 2.14. The van der Waals surface area contributed by atoms with Crippen molar-refractivity contribution in [3.63, 3.8) is 0 Å². The topological polar surface area (TPSA) is 32.3 Å². The summed E-state index contributed by atoms with van der Waals surface area (Å²) < 4.78 is 0. The summed E-state index contributed by atoms with van der Waals surface area (Å²) in [4.78, 5) is 14.0. The summed E-state index contributed by atoms with van der Waals surface area (Å²) in [7, 11) is 0. The standard InChI is InChI=1S/C14H20N2O/c1-2-15-11-12-5-7-13(8-6-12)14(17)16-9-3-4-10-16/h5-8,15H,2-4,9-11H2,1H3. The second-order valence-corrected chi connectivity index (χ2v) is 4.48. The molecule has 1 aromatic rings. The third-order valence-corrected chi connectivity index (χ3v) is 3.17. The van der Waals surface area contributed by atoms with E-state index in [1.54, 1.807) is 0 Å². The van der Waals surface area contributed by atoms with E-state index in [2.05, 4.69) is 12.2 Å². The molecule has 1 aliphatic heterocycles. The van der Waals surface area contributed by atoms with Gasteiger partial charge in [0.1, 0.15) is 0 Å². The van der Waals surface area contributed by atoms with E-state index in [0.29, 0.717) is 0 Å². The summed E-state index contributed by atoms with van der Waals surface area (Å²) in [6.45, 7) is 5.75. The van der Waals surface area contributed by atoms with Crippen molar-refractivity contribution < 1.29 is 4.79 Å². The van der Waals surface area contributed by atoms with E-state index in [1.807, 2.05) is 29.2 Å². The monoisotopic (exact) mass is 232 g/mol. The molecule has 3 heteroatoms. The summed E-state index contributed by atoms with van der Waals surface area (Å²) in [5.74, 6) is 0.178. The third kappa shape index (κ3) is 3.07. The first-order valence-corrected chi connectivity index (χ1v) is 6.40. The Balaban J connectivity index is 1.99. The molecule has 1 aliphatic rings. The van der Waals surface area contributed by atoms with Crippen molar-refractivity contribution in [2.45, 2.75) is 26.3 Å². The van der Waals surface area contributed by atoms with Crippen molar-refractivity contribution >= 4 is 5.91 Å². The van der Waals surface area contributed by atoms with Crippen LogP contribution in [0.15, 0.2) is 24.3 Å². The molecular formula is C14H20N2O. The van der Waals surface area contributed by atoms with E-state index in [4.69, 9.17) is 0 Å². The van der Waals surface area contributed by atoms with Gasteiger partial charge in [-0.1, -0.05) is 19.1 Å². The van der Waals surface area contributed by atoms with Gasteiger partial charge in [0, 0.05) is 25.2 Å². The molecule has 1 saturated heterocycles. The van der Waals surface area contributed by atoms with Gasteiger partial charge in [-0.05, 0) is 37.1 Å². The maximum Gasteiger partial charge on any atom is 0.253 e. The van der Waals surface area contributed by atoms with Crippen molar-refractivity contribution in [1.82, 2.24) is 10.2 Å². The van der Waals surface area contributed by atoms with Crippen LogP contribution in [0.2, 0.25) is 0 Å². The molecule has 0 unspecified atom stereocenters. The highest BCUT2D eigenvalue weighted by Crippen LogP contribution is 2.13. The summed E-state index contributed by atoms with van der Waals surface area (Å²) in [5.41, 5.74) is 2.04. The highest BCUT2D eigenvalue weighted by atomic mass is 16.2. The Labute approximate surface area is 103 Å². The van der Waals surface area contributed by atoms with E-state index < -0.39 is 0 Å². The fourth-order valence-electron chi connectivity index (χ4n) is 2.14. The van der Waals surface area contributed by atoms with Gasteiger partial charge in [0.2, 0.25) is 0 Å². The molecule has 0 atom stereocenters. The second-order valence-electron chi connectivity index (χ2n) is 4.48. The van der Waals surface area contributed by atoms with Crippen LogP contribution in [0.25, 0.3) is 0 Å². The average Bonchev–Trinajstić information content (AvgIpc) is 2.90. The highest BCUT2D eigenvalue weighted by molar-refractivity contribution is 5.94. The van der Waals surface area contributed by atoms with E-state index >= 15 is 0 Å². The maximum absolute atomic E-state index is 12.1. The van der Waals surface area contributed by atoms with Gasteiger partial charge in [-0.15, -0.1) is 0 Å². The molecule has 92 valence electrons. The number of nitrogens with zero attached hydrogens (tertiary/aromatic N) is 1. The lowest BCUT2D eigenvalue weighted by atomic mass is 10.1. The molecule has 1 aromatic carbocycles. The Morgan fingerprint density at radius 3 is 2.47 bits per heavy atom. The van der Waals surface area contributed by atoms with Crippen molar-refractivity contribution in [1.29, 1.82) is 0 Å². The van der Waals surface area contributed by atoms with Crippen LogP contribution in [0, 0.1) is 0 Å². The molecule has 2 rings (SSSR count). The molecule has 0 spiro atoms.